The molecule has 17 N–H and O–H groups in total. The molecule has 23 heteroatoms. The van der Waals surface area contributed by atoms with Crippen LogP contribution in [0.25, 0.3) is 0 Å². The number of hydrogen-bond acceptors (Lipinski definition) is 17. The summed E-state index contributed by atoms with van der Waals surface area (Å²) in [4.78, 5) is 15.8. The number of nitrogens with zero attached hydrogens (tertiary/aromatic N) is 7. The highest BCUT2D eigenvalue weighted by molar-refractivity contribution is 5.01. The Kier molecular flexibility index (Phi) is 33.0. The third kappa shape index (κ3) is 30.3. The summed E-state index contributed by atoms with van der Waals surface area (Å²) in [7, 11) is 0. The van der Waals surface area contributed by atoms with Crippen molar-refractivity contribution in [1.82, 2.24) is 34.3 Å². The number of aliphatic hydroxyl groups excluding tert-OH is 3. The molecule has 7 saturated heterocycles. The lowest BCUT2D eigenvalue weighted by atomic mass is 9.85. The number of hydrogen-bond donors (Lipinski definition) is 10. The van der Waals surface area contributed by atoms with Gasteiger partial charge in [-0.3, -0.25) is 34.3 Å². The molecule has 16 atom stereocenters. The van der Waals surface area contributed by atoms with Crippen molar-refractivity contribution in [3.63, 3.8) is 0 Å². The molecule has 0 aromatic carbocycles. The molecule has 9 rings (SSSR count). The summed E-state index contributed by atoms with van der Waals surface area (Å²) in [5.74, 6) is 1.04. The van der Waals surface area contributed by atoms with Crippen LogP contribution in [0.2, 0.25) is 0 Å². The van der Waals surface area contributed by atoms with Gasteiger partial charge < -0.3 is 55.5 Å². The number of alkyl halides is 6. The van der Waals surface area contributed by atoms with E-state index >= 15 is 0 Å². The second-order valence-corrected chi connectivity index (χ2v) is 38.0. The first kappa shape index (κ1) is 89.1. The van der Waals surface area contributed by atoms with Crippen LogP contribution in [0.5, 0.6) is 0 Å². The predicted octanol–water partition coefficient (Wildman–Crippen LogP) is 8.71. The zero-order chi connectivity index (χ0) is 74.2. The Hall–Kier alpha value is -1.10. The molecule has 2 saturated carbocycles. The maximum Gasteiger partial charge on any atom is 0.395 e. The van der Waals surface area contributed by atoms with Gasteiger partial charge >= 0.3 is 12.4 Å². The van der Waals surface area contributed by atoms with E-state index < -0.39 is 36.3 Å². The van der Waals surface area contributed by atoms with Crippen molar-refractivity contribution in [2.45, 2.75) is 329 Å². The monoisotopic (exact) mass is 1390 g/mol. The van der Waals surface area contributed by atoms with Crippen molar-refractivity contribution < 1.29 is 41.7 Å². The number of piperidine rings is 7. The molecular weight excluding hydrogens is 1230 g/mol. The van der Waals surface area contributed by atoms with Crippen LogP contribution in [0.1, 0.15) is 217 Å². The highest BCUT2D eigenvalue weighted by atomic mass is 19.4. The molecule has 96 heavy (non-hydrogen) atoms. The van der Waals surface area contributed by atoms with Crippen molar-refractivity contribution in [1.29, 1.82) is 0 Å². The van der Waals surface area contributed by atoms with Crippen molar-refractivity contribution in [3.8, 4) is 0 Å². The minimum atomic E-state index is -4.40. The van der Waals surface area contributed by atoms with Gasteiger partial charge in [0.25, 0.3) is 0 Å². The van der Waals surface area contributed by atoms with E-state index in [4.69, 9.17) is 40.1 Å². The maximum absolute atomic E-state index is 12.7. The number of likely N-dealkylation sites (tertiary alicyclic amines) is 7. The summed E-state index contributed by atoms with van der Waals surface area (Å²) in [6.07, 6.45) is -0.204. The van der Waals surface area contributed by atoms with Gasteiger partial charge in [-0.1, -0.05) is 13.8 Å². The van der Waals surface area contributed by atoms with Gasteiger partial charge in [0.2, 0.25) is 0 Å². The Morgan fingerprint density at radius 3 is 1.04 bits per heavy atom. The van der Waals surface area contributed by atoms with Crippen molar-refractivity contribution >= 4 is 0 Å². The largest absolute Gasteiger partial charge is 0.395 e. The van der Waals surface area contributed by atoms with Gasteiger partial charge in [-0.2, -0.15) is 26.3 Å². The molecule has 2 aliphatic carbocycles. The van der Waals surface area contributed by atoms with E-state index in [0.717, 1.165) is 69.5 Å². The lowest BCUT2D eigenvalue weighted by molar-refractivity contribution is -0.220. The van der Waals surface area contributed by atoms with Gasteiger partial charge in [0.1, 0.15) is 0 Å². The fourth-order valence-electron chi connectivity index (χ4n) is 14.5. The topological polar surface area (TPSA) is 266 Å². The molecule has 0 aromatic rings. The Labute approximate surface area is 581 Å². The Morgan fingerprint density at radius 1 is 0.312 bits per heavy atom. The Morgan fingerprint density at radius 2 is 0.667 bits per heavy atom. The molecule has 0 spiro atoms. The minimum Gasteiger partial charge on any atom is -0.391 e. The Bertz CT molecular complexity index is 2150. The quantitative estimate of drug-likeness (QED) is 0.116. The van der Waals surface area contributed by atoms with Crippen molar-refractivity contribution in [2.75, 3.05) is 91.6 Å². The smallest absolute Gasteiger partial charge is 0.391 e. The summed E-state index contributed by atoms with van der Waals surface area (Å²) in [6.45, 7) is 60.5. The fourth-order valence-corrected chi connectivity index (χ4v) is 14.5. The fraction of sp³-hybridized carbons (Fsp3) is 1.00. The SMILES string of the molecule is CC(C)(C)N1CCC[C@H](N)C1.CC(C)(C)N1C[C@@H](N)C[C@@H](C(F)(F)F)C1.CC(C)(C)N1C[C@@H](N)C[C@@H](C2CC2)C1.CC(C)(C)N1C[C@@H](N)[C@H](O)[C@@H](C(F)(F)F)C1.CC(C)(C)N1C[C@@H](N)[C@H](O)[C@@H](C2CC2)C1.C[C@@H]1C[C@H](N)CN(C(C)(C)C)C1.C[C@H]1CN(C(C)(C)C)C[C@@H](N)[C@@H]1O. The minimum absolute atomic E-state index is 0.0517. The van der Waals surface area contributed by atoms with Crippen LogP contribution in [0.4, 0.5) is 26.3 Å². The molecule has 0 unspecified atom stereocenters. The lowest BCUT2D eigenvalue weighted by Crippen LogP contribution is -2.63. The van der Waals surface area contributed by atoms with Gasteiger partial charge in [0, 0.05) is 172 Å². The molecule has 0 aromatic heterocycles. The van der Waals surface area contributed by atoms with Gasteiger partial charge in [-0.15, -0.1) is 0 Å². The van der Waals surface area contributed by atoms with Crippen LogP contribution < -0.4 is 40.1 Å². The van der Waals surface area contributed by atoms with E-state index in [0.29, 0.717) is 41.7 Å². The number of nitrogens with two attached hydrogens (primary N) is 7. The Balaban J connectivity index is 0.000000293. The third-order valence-electron chi connectivity index (χ3n) is 21.6. The van der Waals surface area contributed by atoms with E-state index in [1.807, 2.05) is 46.4 Å². The van der Waals surface area contributed by atoms with E-state index in [-0.39, 0.29) is 90.0 Å². The molecule has 17 nitrogen and oxygen atoms in total. The average Bonchev–Trinajstić information content (AvgIpc) is 1.42. The maximum atomic E-state index is 12.7. The van der Waals surface area contributed by atoms with Crippen LogP contribution in [0.3, 0.4) is 0 Å². The van der Waals surface area contributed by atoms with Gasteiger partial charge in [0.15, 0.2) is 0 Å². The molecule has 7 heterocycles. The summed E-state index contributed by atoms with van der Waals surface area (Å²) in [5.41, 5.74) is 41.7. The highest BCUT2D eigenvalue weighted by Crippen LogP contribution is 2.44. The second kappa shape index (κ2) is 35.6. The molecule has 0 amide bonds. The first-order valence-electron chi connectivity index (χ1n) is 36.9. The zero-order valence-corrected chi connectivity index (χ0v) is 64.9. The molecule has 0 bridgehead atoms. The number of rotatable bonds is 2. The van der Waals surface area contributed by atoms with Gasteiger partial charge in [-0.05, 0) is 239 Å². The van der Waals surface area contributed by atoms with E-state index in [2.05, 4.69) is 142 Å². The van der Waals surface area contributed by atoms with Crippen molar-refractivity contribution in [2.24, 2.45) is 87.5 Å². The second-order valence-electron chi connectivity index (χ2n) is 38.0. The highest BCUT2D eigenvalue weighted by Gasteiger charge is 2.52. The lowest BCUT2D eigenvalue weighted by Gasteiger charge is -2.46. The third-order valence-corrected chi connectivity index (χ3v) is 21.6. The molecule has 9 fully saturated rings. The molecule has 7 aliphatic heterocycles. The summed E-state index contributed by atoms with van der Waals surface area (Å²) in [6, 6.07) is -0.180. The van der Waals surface area contributed by atoms with E-state index in [1.165, 1.54) is 71.0 Å². The van der Waals surface area contributed by atoms with Crippen LogP contribution in [0, 0.1) is 47.3 Å². The molecule has 572 valence electrons. The van der Waals surface area contributed by atoms with Crippen LogP contribution in [-0.2, 0) is 0 Å². The molecular formula is C73H150F6N14O3. The normalized spacial score (nSPS) is 34.5. The van der Waals surface area contributed by atoms with E-state index in [1.54, 1.807) is 4.90 Å². The number of aliphatic hydroxyl groups is 3. The first-order valence-corrected chi connectivity index (χ1v) is 36.9. The van der Waals surface area contributed by atoms with Crippen molar-refractivity contribution in [3.05, 3.63) is 0 Å². The van der Waals surface area contributed by atoms with Gasteiger partial charge in [0.05, 0.1) is 30.1 Å². The summed E-state index contributed by atoms with van der Waals surface area (Å²) < 4.78 is 75.8. The zero-order valence-electron chi connectivity index (χ0n) is 64.9. The van der Waals surface area contributed by atoms with Crippen LogP contribution in [0.15, 0.2) is 0 Å². The van der Waals surface area contributed by atoms with Crippen LogP contribution in [-0.4, -0.2) is 253 Å². The molecule has 0 radical (unpaired) electrons. The average molecular weight is 1390 g/mol. The first-order chi connectivity index (χ1) is 43.2. The number of halogens is 6. The summed E-state index contributed by atoms with van der Waals surface area (Å²) >= 11 is 0. The van der Waals surface area contributed by atoms with E-state index in [9.17, 15) is 41.7 Å². The standard InChI is InChI=1S/C12H24N2O.C12H24N2.C10H19F3N2O.C10H19F3N2.C10H22N2O.C10H22N2.C9H20N2/c1-12(2,3)14-6-9(8-4-5-8)11(15)10(13)7-14;1-12(2,3)14-7-10(9-4-5-9)6-11(13)8-14;1-9(2,3)15-4-6(10(11,12)13)8(16)7(14)5-15;1-9(2,3)15-5-7(10(11,12)13)4-8(14)6-15;1-7-5-12(10(2,3)4)6-8(11)9(7)13;1-8-5-9(11)7-12(6-8)10(2,3)4;1-9(2,3)11-6-4-5-8(10)7-11/h8-11,15H,4-7,13H2,1-3H3;9-11H,4-8,13H2,1-3H3;6-8,16H,4-5,14H2,1-3H3;7-8H,4-6,14H2,1-3H3;7-9,13H,5-6,11H2,1-4H3;8-9H,5-7,11H2,1-4H3;8H,4-7,10H2,1-3H3/t9-,10-,11-;10-,11+;6-,7+,8+;7-,8+;7-,8+,9+;8-,9+;8-/m1101010/s1. The molecule has 9 aliphatic rings. The summed E-state index contributed by atoms with van der Waals surface area (Å²) in [5, 5.41) is 29.2. The van der Waals surface area contributed by atoms with Gasteiger partial charge in [-0.25, -0.2) is 0 Å². The predicted molar refractivity (Wildman–Crippen MR) is 386 cm³/mol. The van der Waals surface area contributed by atoms with Crippen LogP contribution >= 0.6 is 0 Å².